The van der Waals surface area contributed by atoms with Gasteiger partial charge in [-0.2, -0.15) is 0 Å². The molecule has 0 unspecified atom stereocenters. The normalized spacial score (nSPS) is 23.6. The topological polar surface area (TPSA) is 50.6 Å². The zero-order valence-electron chi connectivity index (χ0n) is 15.0. The van der Waals surface area contributed by atoms with Crippen LogP contribution in [0.25, 0.3) is 0 Å². The maximum atomic E-state index is 12.6. The van der Waals surface area contributed by atoms with Crippen molar-refractivity contribution >= 4 is 5.91 Å². The number of rotatable bonds is 5. The highest BCUT2D eigenvalue weighted by atomic mass is 16.5. The van der Waals surface area contributed by atoms with E-state index in [4.69, 9.17) is 4.74 Å². The molecule has 3 rings (SSSR count). The molecule has 1 aliphatic heterocycles. The van der Waals surface area contributed by atoms with Crippen molar-refractivity contribution < 1.29 is 9.53 Å². The highest BCUT2D eigenvalue weighted by Crippen LogP contribution is 2.24. The molecular weight excluding hydrogens is 304 g/mol. The minimum Gasteiger partial charge on any atom is -0.368 e. The average molecular weight is 334 g/mol. The summed E-state index contributed by atoms with van der Waals surface area (Å²) in [4.78, 5) is 21.4. The van der Waals surface area contributed by atoms with Crippen LogP contribution >= 0.6 is 0 Å². The fraction of sp³-hybridized carbons (Fsp3) is 0.778. The van der Waals surface area contributed by atoms with Gasteiger partial charge in [-0.3, -0.25) is 9.69 Å². The van der Waals surface area contributed by atoms with Crippen molar-refractivity contribution in [3.63, 3.8) is 0 Å². The fourth-order valence-electron chi connectivity index (χ4n) is 3.88. The number of likely N-dealkylation sites (N-methyl/N-ethyl adjacent to an activating group) is 1. The van der Waals surface area contributed by atoms with Crippen molar-refractivity contribution in [2.24, 2.45) is 7.05 Å². The Labute approximate surface area is 144 Å². The zero-order valence-corrected chi connectivity index (χ0v) is 15.0. The Balaban J connectivity index is 1.57. The standard InChI is InChI=1S/C18H30N4O2/c1-3-21-11-12-22(13-16(21)18-19-9-10-20(18)2)17(23)14-24-15-7-5-4-6-8-15/h9-10,15-16H,3-8,11-14H2,1-2H3/t16-/m1/s1. The third kappa shape index (κ3) is 3.98. The summed E-state index contributed by atoms with van der Waals surface area (Å²) in [5, 5.41) is 0. The molecule has 0 radical (unpaired) electrons. The van der Waals surface area contributed by atoms with E-state index in [1.54, 1.807) is 0 Å². The van der Waals surface area contributed by atoms with Gasteiger partial charge in [-0.25, -0.2) is 4.98 Å². The van der Waals surface area contributed by atoms with Crippen LogP contribution in [0.3, 0.4) is 0 Å². The summed E-state index contributed by atoms with van der Waals surface area (Å²) in [6.07, 6.45) is 10.1. The van der Waals surface area contributed by atoms with Gasteiger partial charge in [0, 0.05) is 39.1 Å². The van der Waals surface area contributed by atoms with Gasteiger partial charge < -0.3 is 14.2 Å². The van der Waals surface area contributed by atoms with Crippen LogP contribution in [0.15, 0.2) is 12.4 Å². The van der Waals surface area contributed by atoms with Crippen molar-refractivity contribution in [3.05, 3.63) is 18.2 Å². The number of carbonyl (C=O) groups is 1. The molecular formula is C18H30N4O2. The smallest absolute Gasteiger partial charge is 0.248 e. The Hall–Kier alpha value is -1.40. The molecule has 1 saturated heterocycles. The van der Waals surface area contributed by atoms with Gasteiger partial charge >= 0.3 is 0 Å². The molecule has 1 aromatic heterocycles. The number of aryl methyl sites for hydroxylation is 1. The maximum absolute atomic E-state index is 12.6. The summed E-state index contributed by atoms with van der Waals surface area (Å²) >= 11 is 0. The molecule has 2 fully saturated rings. The van der Waals surface area contributed by atoms with Gasteiger partial charge in [0.05, 0.1) is 12.1 Å². The van der Waals surface area contributed by atoms with E-state index >= 15 is 0 Å². The molecule has 1 amide bonds. The Morgan fingerprint density at radius 2 is 2.08 bits per heavy atom. The van der Waals surface area contributed by atoms with Gasteiger partial charge in [0.15, 0.2) is 0 Å². The number of carbonyl (C=O) groups excluding carboxylic acids is 1. The van der Waals surface area contributed by atoms with Gasteiger partial charge in [-0.05, 0) is 19.4 Å². The minimum atomic E-state index is 0.121. The van der Waals surface area contributed by atoms with Crippen LogP contribution in [0, 0.1) is 0 Å². The molecule has 24 heavy (non-hydrogen) atoms. The third-order valence-corrected chi connectivity index (χ3v) is 5.40. The first kappa shape index (κ1) is 17.4. The Morgan fingerprint density at radius 3 is 2.75 bits per heavy atom. The first-order valence-electron chi connectivity index (χ1n) is 9.29. The van der Waals surface area contributed by atoms with Crippen LogP contribution in [0.2, 0.25) is 0 Å². The summed E-state index contributed by atoms with van der Waals surface area (Å²) in [7, 11) is 2.02. The van der Waals surface area contributed by atoms with Gasteiger partial charge in [-0.15, -0.1) is 0 Å². The number of hydrogen-bond acceptors (Lipinski definition) is 4. The number of amides is 1. The van der Waals surface area contributed by atoms with E-state index in [9.17, 15) is 4.79 Å². The van der Waals surface area contributed by atoms with Gasteiger partial charge in [0.2, 0.25) is 5.91 Å². The van der Waals surface area contributed by atoms with E-state index in [0.29, 0.717) is 6.54 Å². The van der Waals surface area contributed by atoms with E-state index in [2.05, 4.69) is 21.4 Å². The summed E-state index contributed by atoms with van der Waals surface area (Å²) in [6, 6.07) is 0.169. The number of imidazole rings is 1. The highest BCUT2D eigenvalue weighted by molar-refractivity contribution is 5.77. The molecule has 2 heterocycles. The molecule has 0 bridgehead atoms. The Bertz CT molecular complexity index is 539. The number of hydrogen-bond donors (Lipinski definition) is 0. The third-order valence-electron chi connectivity index (χ3n) is 5.40. The van der Waals surface area contributed by atoms with E-state index < -0.39 is 0 Å². The van der Waals surface area contributed by atoms with E-state index in [1.165, 1.54) is 19.3 Å². The monoisotopic (exact) mass is 334 g/mol. The van der Waals surface area contributed by atoms with E-state index in [-0.39, 0.29) is 24.7 Å². The zero-order chi connectivity index (χ0) is 16.9. The predicted octanol–water partition coefficient (Wildman–Crippen LogP) is 1.97. The minimum absolute atomic E-state index is 0.121. The summed E-state index contributed by atoms with van der Waals surface area (Å²) in [5.74, 6) is 1.15. The SMILES string of the molecule is CCN1CCN(C(=O)COC2CCCCC2)C[C@@H]1c1nccn1C. The first-order valence-corrected chi connectivity index (χ1v) is 9.29. The Morgan fingerprint density at radius 1 is 1.29 bits per heavy atom. The van der Waals surface area contributed by atoms with Crippen LogP contribution in [-0.2, 0) is 16.6 Å². The predicted molar refractivity (Wildman–Crippen MR) is 92.6 cm³/mol. The van der Waals surface area contributed by atoms with Crippen LogP contribution in [0.5, 0.6) is 0 Å². The number of aromatic nitrogens is 2. The van der Waals surface area contributed by atoms with Crippen LogP contribution in [0.4, 0.5) is 0 Å². The Kier molecular flexibility index (Phi) is 5.89. The summed E-state index contributed by atoms with van der Waals surface area (Å²) in [6.45, 7) is 5.73. The quantitative estimate of drug-likeness (QED) is 0.826. The van der Waals surface area contributed by atoms with Crippen LogP contribution in [-0.4, -0.2) is 64.1 Å². The second-order valence-electron chi connectivity index (χ2n) is 6.95. The van der Waals surface area contributed by atoms with Crippen LogP contribution < -0.4 is 0 Å². The highest BCUT2D eigenvalue weighted by Gasteiger charge is 2.32. The largest absolute Gasteiger partial charge is 0.368 e. The number of ether oxygens (including phenoxy) is 1. The average Bonchev–Trinajstić information content (AvgIpc) is 3.05. The van der Waals surface area contributed by atoms with Crippen LogP contribution in [0.1, 0.15) is 50.9 Å². The molecule has 6 heteroatoms. The molecule has 0 N–H and O–H groups in total. The molecule has 1 aliphatic carbocycles. The second kappa shape index (κ2) is 8.12. The molecule has 2 aliphatic rings. The molecule has 1 saturated carbocycles. The van der Waals surface area contributed by atoms with Crippen molar-refractivity contribution in [1.29, 1.82) is 0 Å². The van der Waals surface area contributed by atoms with E-state index in [1.807, 2.05) is 24.3 Å². The van der Waals surface area contributed by atoms with Gasteiger partial charge in [0.25, 0.3) is 0 Å². The second-order valence-corrected chi connectivity index (χ2v) is 6.95. The lowest BCUT2D eigenvalue weighted by Crippen LogP contribution is -2.51. The lowest BCUT2D eigenvalue weighted by atomic mass is 9.98. The van der Waals surface area contributed by atoms with Crippen molar-refractivity contribution in [1.82, 2.24) is 19.4 Å². The van der Waals surface area contributed by atoms with Gasteiger partial charge in [-0.1, -0.05) is 26.2 Å². The molecule has 134 valence electrons. The fourth-order valence-corrected chi connectivity index (χ4v) is 3.88. The van der Waals surface area contributed by atoms with Crippen molar-refractivity contribution in [2.75, 3.05) is 32.8 Å². The molecule has 1 aromatic rings. The summed E-state index contributed by atoms with van der Waals surface area (Å²) in [5.41, 5.74) is 0. The number of nitrogens with zero attached hydrogens (tertiary/aromatic N) is 4. The van der Waals surface area contributed by atoms with E-state index in [0.717, 1.165) is 38.3 Å². The van der Waals surface area contributed by atoms with Gasteiger partial charge in [0.1, 0.15) is 12.4 Å². The lowest BCUT2D eigenvalue weighted by Gasteiger charge is -2.40. The molecule has 1 atom stereocenters. The molecule has 6 nitrogen and oxygen atoms in total. The maximum Gasteiger partial charge on any atom is 0.248 e. The lowest BCUT2D eigenvalue weighted by molar-refractivity contribution is -0.142. The summed E-state index contributed by atoms with van der Waals surface area (Å²) < 4.78 is 7.93. The molecule has 0 aromatic carbocycles. The van der Waals surface area contributed by atoms with Crippen molar-refractivity contribution in [2.45, 2.75) is 51.2 Å². The molecule has 0 spiro atoms. The van der Waals surface area contributed by atoms with Crippen molar-refractivity contribution in [3.8, 4) is 0 Å². The number of piperazine rings is 1. The first-order chi connectivity index (χ1) is 11.7.